The second-order valence-electron chi connectivity index (χ2n) is 10.6. The first-order valence-electron chi connectivity index (χ1n) is 13.9. The molecule has 0 aliphatic heterocycles. The van der Waals surface area contributed by atoms with Crippen molar-refractivity contribution in [3.05, 3.63) is 64.8 Å². The largest absolute Gasteiger partial charge is 0.375 e. The molecule has 1 fully saturated rings. The van der Waals surface area contributed by atoms with Crippen LogP contribution >= 0.6 is 11.3 Å². The van der Waals surface area contributed by atoms with Gasteiger partial charge in [0.25, 0.3) is 5.91 Å². The maximum absolute atomic E-state index is 12.8. The Morgan fingerprint density at radius 3 is 2.62 bits per heavy atom. The Labute approximate surface area is 224 Å². The minimum Gasteiger partial charge on any atom is -0.375 e. The first-order valence-corrected chi connectivity index (χ1v) is 14.7. The van der Waals surface area contributed by atoms with Crippen molar-refractivity contribution in [1.82, 2.24) is 20.2 Å². The predicted molar refractivity (Wildman–Crippen MR) is 152 cm³/mol. The van der Waals surface area contributed by atoms with Crippen LogP contribution < -0.4 is 11.1 Å². The minimum atomic E-state index is 0.0329. The van der Waals surface area contributed by atoms with Gasteiger partial charge in [-0.1, -0.05) is 25.1 Å². The van der Waals surface area contributed by atoms with Gasteiger partial charge in [-0.05, 0) is 101 Å². The SMILES string of the molecule is CCCN(CCC1CCC(NC(=O)c2ccc(-c3ccccn3)cc2)CC1)[C@H]1CCc2nc(N)sc2C1. The molecule has 2 aliphatic carbocycles. The maximum atomic E-state index is 12.8. The monoisotopic (exact) mass is 517 g/mol. The van der Waals surface area contributed by atoms with Crippen LogP contribution in [0.3, 0.4) is 0 Å². The molecule has 7 heteroatoms. The van der Waals surface area contributed by atoms with Crippen molar-refractivity contribution < 1.29 is 4.79 Å². The van der Waals surface area contributed by atoms with E-state index in [0.29, 0.717) is 6.04 Å². The smallest absolute Gasteiger partial charge is 0.251 e. The Hall–Kier alpha value is -2.77. The fourth-order valence-corrected chi connectivity index (χ4v) is 6.94. The molecule has 5 rings (SSSR count). The molecular weight excluding hydrogens is 478 g/mol. The van der Waals surface area contributed by atoms with E-state index < -0.39 is 0 Å². The minimum absolute atomic E-state index is 0.0329. The average Bonchev–Trinajstić information content (AvgIpc) is 3.31. The van der Waals surface area contributed by atoms with Crippen LogP contribution in [-0.2, 0) is 12.8 Å². The number of nitrogen functional groups attached to an aromatic ring is 1. The second kappa shape index (κ2) is 12.2. The lowest BCUT2D eigenvalue weighted by Crippen LogP contribution is -2.41. The van der Waals surface area contributed by atoms with Crippen molar-refractivity contribution >= 4 is 22.4 Å². The average molecular weight is 518 g/mol. The van der Waals surface area contributed by atoms with Crippen LogP contribution in [-0.4, -0.2) is 45.9 Å². The number of amides is 1. The number of rotatable bonds is 9. The maximum Gasteiger partial charge on any atom is 0.251 e. The number of hydrogen-bond acceptors (Lipinski definition) is 6. The summed E-state index contributed by atoms with van der Waals surface area (Å²) < 4.78 is 0. The van der Waals surface area contributed by atoms with Gasteiger partial charge in [-0.15, -0.1) is 11.3 Å². The standard InChI is InChI=1S/C30H39N5OS/c1-2-18-35(25-14-15-27-28(20-25)37-30(31)34-27)19-16-21-6-12-24(13-7-21)33-29(36)23-10-8-22(9-11-23)26-5-3-4-17-32-26/h3-5,8-11,17,21,24-25H,2,6-7,12-16,18-20H2,1H3,(H2,31,34)(H,33,36)/t21?,24?,25-/m0/s1. The molecule has 196 valence electrons. The molecule has 1 atom stereocenters. The number of carbonyl (C=O) groups excluding carboxylic acids is 1. The summed E-state index contributed by atoms with van der Waals surface area (Å²) in [5.74, 6) is 0.786. The van der Waals surface area contributed by atoms with Crippen molar-refractivity contribution in [1.29, 1.82) is 0 Å². The van der Waals surface area contributed by atoms with Crippen molar-refractivity contribution in [3.63, 3.8) is 0 Å². The Bertz CT molecular complexity index is 1150. The highest BCUT2D eigenvalue weighted by molar-refractivity contribution is 7.15. The van der Waals surface area contributed by atoms with Crippen LogP contribution in [0.4, 0.5) is 5.13 Å². The van der Waals surface area contributed by atoms with Crippen molar-refractivity contribution in [3.8, 4) is 11.3 Å². The lowest BCUT2D eigenvalue weighted by Gasteiger charge is -2.36. The number of aromatic nitrogens is 2. The van der Waals surface area contributed by atoms with Gasteiger partial charge in [-0.25, -0.2) is 4.98 Å². The lowest BCUT2D eigenvalue weighted by atomic mass is 9.83. The van der Waals surface area contributed by atoms with Crippen LogP contribution in [0.5, 0.6) is 0 Å². The van der Waals surface area contributed by atoms with Gasteiger partial charge in [0.2, 0.25) is 0 Å². The van der Waals surface area contributed by atoms with E-state index in [1.54, 1.807) is 17.5 Å². The number of hydrogen-bond donors (Lipinski definition) is 2. The summed E-state index contributed by atoms with van der Waals surface area (Å²) in [6.07, 6.45) is 12.1. The van der Waals surface area contributed by atoms with Crippen LogP contribution in [0.25, 0.3) is 11.3 Å². The number of benzene rings is 1. The molecule has 2 aromatic heterocycles. The summed E-state index contributed by atoms with van der Waals surface area (Å²) in [7, 11) is 0. The molecule has 3 aromatic rings. The Balaban J connectivity index is 1.07. The molecular formula is C30H39N5OS. The molecule has 37 heavy (non-hydrogen) atoms. The predicted octanol–water partition coefficient (Wildman–Crippen LogP) is 5.74. The lowest BCUT2D eigenvalue weighted by molar-refractivity contribution is 0.0918. The fraction of sp³-hybridized carbons (Fsp3) is 0.500. The van der Waals surface area contributed by atoms with E-state index in [4.69, 9.17) is 5.73 Å². The van der Waals surface area contributed by atoms with E-state index in [9.17, 15) is 4.79 Å². The zero-order chi connectivity index (χ0) is 25.6. The number of nitrogens with one attached hydrogen (secondary N) is 1. The first-order chi connectivity index (χ1) is 18.1. The van der Waals surface area contributed by atoms with E-state index in [-0.39, 0.29) is 11.9 Å². The van der Waals surface area contributed by atoms with Crippen molar-refractivity contribution in [2.75, 3.05) is 18.8 Å². The van der Waals surface area contributed by atoms with Gasteiger partial charge in [0.05, 0.1) is 11.4 Å². The highest BCUT2D eigenvalue weighted by Crippen LogP contribution is 2.32. The van der Waals surface area contributed by atoms with E-state index in [2.05, 4.69) is 27.1 Å². The van der Waals surface area contributed by atoms with Gasteiger partial charge in [-0.3, -0.25) is 9.78 Å². The summed E-state index contributed by atoms with van der Waals surface area (Å²) in [4.78, 5) is 25.9. The molecule has 1 aromatic carbocycles. The quantitative estimate of drug-likeness (QED) is 0.378. The van der Waals surface area contributed by atoms with Crippen LogP contribution in [0.15, 0.2) is 48.7 Å². The van der Waals surface area contributed by atoms with Crippen LogP contribution in [0.1, 0.15) is 72.8 Å². The van der Waals surface area contributed by atoms with E-state index >= 15 is 0 Å². The summed E-state index contributed by atoms with van der Waals surface area (Å²) >= 11 is 1.68. The summed E-state index contributed by atoms with van der Waals surface area (Å²) in [5, 5.41) is 4.00. The molecule has 2 heterocycles. The molecule has 3 N–H and O–H groups in total. The molecule has 1 amide bonds. The zero-order valence-electron chi connectivity index (χ0n) is 21.9. The number of carbonyl (C=O) groups is 1. The number of aryl methyl sites for hydroxylation is 1. The highest BCUT2D eigenvalue weighted by Gasteiger charge is 2.28. The molecule has 0 radical (unpaired) electrons. The Morgan fingerprint density at radius 2 is 1.89 bits per heavy atom. The first kappa shape index (κ1) is 25.9. The number of nitrogens with zero attached hydrogens (tertiary/aromatic N) is 3. The van der Waals surface area contributed by atoms with E-state index in [1.807, 2.05) is 42.5 Å². The van der Waals surface area contributed by atoms with Gasteiger partial charge in [-0.2, -0.15) is 0 Å². The second-order valence-corrected chi connectivity index (χ2v) is 11.7. The molecule has 0 unspecified atom stereocenters. The fourth-order valence-electron chi connectivity index (χ4n) is 5.99. The third-order valence-electron chi connectivity index (χ3n) is 8.07. The van der Waals surface area contributed by atoms with Crippen molar-refractivity contribution in [2.24, 2.45) is 5.92 Å². The molecule has 0 saturated heterocycles. The molecule has 0 spiro atoms. The highest BCUT2D eigenvalue weighted by atomic mass is 32.1. The summed E-state index contributed by atoms with van der Waals surface area (Å²) in [6, 6.07) is 14.5. The zero-order valence-corrected chi connectivity index (χ0v) is 22.7. The molecule has 6 nitrogen and oxygen atoms in total. The number of thiazole rings is 1. The van der Waals surface area contributed by atoms with Gasteiger partial charge in [0.1, 0.15) is 0 Å². The van der Waals surface area contributed by atoms with Gasteiger partial charge in [0.15, 0.2) is 5.13 Å². The van der Waals surface area contributed by atoms with E-state index in [1.165, 1.54) is 55.8 Å². The Morgan fingerprint density at radius 1 is 1.08 bits per heavy atom. The third kappa shape index (κ3) is 6.57. The van der Waals surface area contributed by atoms with Gasteiger partial charge >= 0.3 is 0 Å². The molecule has 1 saturated carbocycles. The third-order valence-corrected chi connectivity index (χ3v) is 9.02. The molecule has 0 bridgehead atoms. The van der Waals surface area contributed by atoms with Gasteiger partial charge < -0.3 is 16.0 Å². The normalized spacial score (nSPS) is 21.5. The summed E-state index contributed by atoms with van der Waals surface area (Å²) in [6.45, 7) is 4.62. The van der Waals surface area contributed by atoms with Crippen molar-refractivity contribution in [2.45, 2.75) is 76.8 Å². The van der Waals surface area contributed by atoms with Crippen LogP contribution in [0, 0.1) is 5.92 Å². The Kier molecular flexibility index (Phi) is 8.52. The number of nitrogens with two attached hydrogens (primary N) is 1. The van der Waals surface area contributed by atoms with E-state index in [0.717, 1.165) is 53.6 Å². The topological polar surface area (TPSA) is 84.1 Å². The number of pyridine rings is 1. The number of fused-ring (bicyclic) bond motifs is 1. The van der Waals surface area contributed by atoms with Crippen LogP contribution in [0.2, 0.25) is 0 Å². The molecule has 2 aliphatic rings. The van der Waals surface area contributed by atoms with Gasteiger partial charge in [0, 0.05) is 34.3 Å². The number of anilines is 1. The summed E-state index contributed by atoms with van der Waals surface area (Å²) in [5.41, 5.74) is 9.87.